The lowest BCUT2D eigenvalue weighted by molar-refractivity contribution is -0.118. The van der Waals surface area contributed by atoms with Gasteiger partial charge in [-0.25, -0.2) is 0 Å². The molecule has 9 heteroatoms. The van der Waals surface area contributed by atoms with Crippen LogP contribution in [0.2, 0.25) is 0 Å². The van der Waals surface area contributed by atoms with Crippen LogP contribution < -0.4 is 14.8 Å². The van der Waals surface area contributed by atoms with Gasteiger partial charge in [0.2, 0.25) is 5.91 Å². The zero-order valence-electron chi connectivity index (χ0n) is 18.4. The third-order valence-electron chi connectivity index (χ3n) is 4.76. The van der Waals surface area contributed by atoms with Crippen LogP contribution in [0.5, 0.6) is 11.5 Å². The molecule has 0 radical (unpaired) electrons. The molecule has 4 rings (SSSR count). The van der Waals surface area contributed by atoms with Gasteiger partial charge in [-0.2, -0.15) is 0 Å². The summed E-state index contributed by atoms with van der Waals surface area (Å²) in [5.74, 6) is 2.98. The van der Waals surface area contributed by atoms with Crippen molar-refractivity contribution in [3.63, 3.8) is 0 Å². The standard InChI is InChI=1S/C24H24N4O4S/c1-3-31-20-12-8-18(9-13-20)28-23(17-6-10-19(30-2)11-7-17)26-27-24(28)33-16-22(29)25-15-21-5-4-14-32-21/h4-14H,3,15-16H2,1-2H3,(H,25,29). The Morgan fingerprint density at radius 2 is 1.82 bits per heavy atom. The Hall–Kier alpha value is -3.72. The number of nitrogens with one attached hydrogen (secondary N) is 1. The number of methoxy groups -OCH3 is 1. The molecular weight excluding hydrogens is 440 g/mol. The normalized spacial score (nSPS) is 10.7. The summed E-state index contributed by atoms with van der Waals surface area (Å²) in [4.78, 5) is 12.4. The van der Waals surface area contributed by atoms with Crippen LogP contribution in [0.4, 0.5) is 0 Å². The van der Waals surface area contributed by atoms with Crippen molar-refractivity contribution in [2.45, 2.75) is 18.6 Å². The molecule has 33 heavy (non-hydrogen) atoms. The first-order valence-corrected chi connectivity index (χ1v) is 11.4. The Kier molecular flexibility index (Phi) is 7.31. The van der Waals surface area contributed by atoms with Gasteiger partial charge >= 0.3 is 0 Å². The zero-order valence-corrected chi connectivity index (χ0v) is 19.2. The molecule has 1 N–H and O–H groups in total. The second-order valence-corrected chi connectivity index (χ2v) is 7.88. The molecule has 1 amide bonds. The van der Waals surface area contributed by atoms with E-state index in [1.807, 2.05) is 66.1 Å². The molecule has 0 atom stereocenters. The summed E-state index contributed by atoms with van der Waals surface area (Å²) in [6.07, 6.45) is 1.58. The summed E-state index contributed by atoms with van der Waals surface area (Å²) in [7, 11) is 1.63. The molecule has 0 fully saturated rings. The number of aromatic nitrogens is 3. The van der Waals surface area contributed by atoms with Gasteiger partial charge in [-0.15, -0.1) is 10.2 Å². The van der Waals surface area contributed by atoms with Crippen molar-refractivity contribution in [1.29, 1.82) is 0 Å². The number of hydrogen-bond donors (Lipinski definition) is 1. The molecular formula is C24H24N4O4S. The number of benzene rings is 2. The molecule has 0 saturated heterocycles. The molecule has 8 nitrogen and oxygen atoms in total. The molecule has 2 aromatic heterocycles. The van der Waals surface area contributed by atoms with E-state index in [4.69, 9.17) is 13.9 Å². The second kappa shape index (κ2) is 10.7. The van der Waals surface area contributed by atoms with E-state index in [2.05, 4.69) is 15.5 Å². The molecule has 2 aromatic carbocycles. The first kappa shape index (κ1) is 22.5. The molecule has 170 valence electrons. The van der Waals surface area contributed by atoms with Crippen LogP contribution in [0.3, 0.4) is 0 Å². The number of thioether (sulfide) groups is 1. The van der Waals surface area contributed by atoms with Crippen molar-refractivity contribution < 1.29 is 18.7 Å². The minimum Gasteiger partial charge on any atom is -0.497 e. The van der Waals surface area contributed by atoms with Gasteiger partial charge in [-0.05, 0) is 67.6 Å². The Morgan fingerprint density at radius 3 is 2.48 bits per heavy atom. The van der Waals surface area contributed by atoms with Crippen LogP contribution in [-0.4, -0.2) is 40.1 Å². The second-order valence-electron chi connectivity index (χ2n) is 6.94. The van der Waals surface area contributed by atoms with Gasteiger partial charge < -0.3 is 19.2 Å². The third kappa shape index (κ3) is 5.56. The highest BCUT2D eigenvalue weighted by atomic mass is 32.2. The average Bonchev–Trinajstić information content (AvgIpc) is 3.52. The van der Waals surface area contributed by atoms with Gasteiger partial charge in [0.05, 0.1) is 32.3 Å². The van der Waals surface area contributed by atoms with E-state index in [9.17, 15) is 4.79 Å². The lowest BCUT2D eigenvalue weighted by Gasteiger charge is -2.12. The maximum atomic E-state index is 12.4. The first-order chi connectivity index (χ1) is 16.2. The number of carbonyl (C=O) groups is 1. The molecule has 0 spiro atoms. The van der Waals surface area contributed by atoms with E-state index in [-0.39, 0.29) is 11.7 Å². The smallest absolute Gasteiger partial charge is 0.230 e. The van der Waals surface area contributed by atoms with Crippen LogP contribution in [-0.2, 0) is 11.3 Å². The van der Waals surface area contributed by atoms with Crippen LogP contribution >= 0.6 is 11.8 Å². The van der Waals surface area contributed by atoms with Crippen LogP contribution in [0.15, 0.2) is 76.5 Å². The Morgan fingerprint density at radius 1 is 1.06 bits per heavy atom. The number of hydrogen-bond acceptors (Lipinski definition) is 7. The third-order valence-corrected chi connectivity index (χ3v) is 5.69. The lowest BCUT2D eigenvalue weighted by atomic mass is 10.2. The molecule has 4 aromatic rings. The highest BCUT2D eigenvalue weighted by Crippen LogP contribution is 2.29. The van der Waals surface area contributed by atoms with Gasteiger partial charge in [-0.1, -0.05) is 11.8 Å². The Balaban J connectivity index is 1.57. The largest absolute Gasteiger partial charge is 0.497 e. The number of ether oxygens (including phenoxy) is 2. The Labute approximate surface area is 195 Å². The number of rotatable bonds is 10. The van der Waals surface area contributed by atoms with Gasteiger partial charge in [-0.3, -0.25) is 9.36 Å². The number of carbonyl (C=O) groups excluding carboxylic acids is 1. The molecule has 0 aliphatic carbocycles. The minimum absolute atomic E-state index is 0.122. The highest BCUT2D eigenvalue weighted by Gasteiger charge is 2.18. The molecule has 0 aliphatic rings. The van der Waals surface area contributed by atoms with Crippen molar-refractivity contribution in [1.82, 2.24) is 20.1 Å². The molecule has 2 heterocycles. The fraction of sp³-hybridized carbons (Fsp3) is 0.208. The van der Waals surface area contributed by atoms with Gasteiger partial charge in [0, 0.05) is 11.3 Å². The first-order valence-electron chi connectivity index (χ1n) is 10.4. The van der Waals surface area contributed by atoms with E-state index in [1.54, 1.807) is 19.4 Å². The number of amides is 1. The minimum atomic E-state index is -0.122. The highest BCUT2D eigenvalue weighted by molar-refractivity contribution is 7.99. The summed E-state index contributed by atoms with van der Waals surface area (Å²) in [6.45, 7) is 2.88. The fourth-order valence-electron chi connectivity index (χ4n) is 3.16. The summed E-state index contributed by atoms with van der Waals surface area (Å²) >= 11 is 1.32. The topological polar surface area (TPSA) is 91.4 Å². The van der Waals surface area contributed by atoms with Crippen molar-refractivity contribution in [2.24, 2.45) is 0 Å². The molecule has 0 aliphatic heterocycles. The number of nitrogens with zero attached hydrogens (tertiary/aromatic N) is 3. The van der Waals surface area contributed by atoms with Gasteiger partial charge in [0.15, 0.2) is 11.0 Å². The van der Waals surface area contributed by atoms with Crippen LogP contribution in [0, 0.1) is 0 Å². The fourth-order valence-corrected chi connectivity index (χ4v) is 3.94. The summed E-state index contributed by atoms with van der Waals surface area (Å²) < 4.78 is 18.0. The Bertz CT molecular complexity index is 1170. The zero-order chi connectivity index (χ0) is 23.0. The predicted molar refractivity (Wildman–Crippen MR) is 126 cm³/mol. The maximum absolute atomic E-state index is 12.4. The van der Waals surface area contributed by atoms with Crippen molar-refractivity contribution >= 4 is 17.7 Å². The maximum Gasteiger partial charge on any atom is 0.230 e. The molecule has 0 saturated carbocycles. The predicted octanol–water partition coefficient (Wildman–Crippen LogP) is 4.34. The van der Waals surface area contributed by atoms with Crippen LogP contribution in [0.25, 0.3) is 17.1 Å². The molecule has 0 bridgehead atoms. The summed E-state index contributed by atoms with van der Waals surface area (Å²) in [5.41, 5.74) is 1.75. The van der Waals surface area contributed by atoms with Gasteiger partial charge in [0.1, 0.15) is 17.3 Å². The van der Waals surface area contributed by atoms with Gasteiger partial charge in [0.25, 0.3) is 0 Å². The summed E-state index contributed by atoms with van der Waals surface area (Å²) in [5, 5.41) is 12.2. The monoisotopic (exact) mass is 464 g/mol. The average molecular weight is 465 g/mol. The molecule has 0 unspecified atom stereocenters. The van der Waals surface area contributed by atoms with Crippen molar-refractivity contribution in [3.05, 3.63) is 72.7 Å². The van der Waals surface area contributed by atoms with E-state index in [0.29, 0.717) is 29.9 Å². The van der Waals surface area contributed by atoms with Crippen molar-refractivity contribution in [2.75, 3.05) is 19.5 Å². The van der Waals surface area contributed by atoms with E-state index in [1.165, 1.54) is 11.8 Å². The SMILES string of the molecule is CCOc1ccc(-n2c(SCC(=O)NCc3ccco3)nnc2-c2ccc(OC)cc2)cc1. The van der Waals surface area contributed by atoms with E-state index in [0.717, 1.165) is 22.7 Å². The van der Waals surface area contributed by atoms with Crippen LogP contribution in [0.1, 0.15) is 12.7 Å². The number of furan rings is 1. The quantitative estimate of drug-likeness (QED) is 0.349. The summed E-state index contributed by atoms with van der Waals surface area (Å²) in [6, 6.07) is 18.9. The van der Waals surface area contributed by atoms with E-state index < -0.39 is 0 Å². The van der Waals surface area contributed by atoms with E-state index >= 15 is 0 Å². The lowest BCUT2D eigenvalue weighted by Crippen LogP contribution is -2.24. The van der Waals surface area contributed by atoms with Crippen molar-refractivity contribution in [3.8, 4) is 28.6 Å².